The highest BCUT2D eigenvalue weighted by molar-refractivity contribution is 7.52. The summed E-state index contributed by atoms with van der Waals surface area (Å²) in [5, 5.41) is 5.95. The Morgan fingerprint density at radius 3 is 2.79 bits per heavy atom. The number of hydrogen-bond acceptors (Lipinski definition) is 11. The molecule has 4 N–H and O–H groups in total. The molecule has 13 nitrogen and oxygen atoms in total. The fourth-order valence-electron chi connectivity index (χ4n) is 4.26. The number of nitrogens with one attached hydrogen (secondary N) is 2. The Morgan fingerprint density at radius 2 is 2.10 bits per heavy atom. The summed E-state index contributed by atoms with van der Waals surface area (Å²) in [5.41, 5.74) is 7.04. The zero-order valence-electron chi connectivity index (χ0n) is 21.5. The Morgan fingerprint density at radius 1 is 1.33 bits per heavy atom. The molecule has 5 rings (SSSR count). The number of anilines is 2. The Kier molecular flexibility index (Phi) is 7.72. The summed E-state index contributed by atoms with van der Waals surface area (Å²) < 4.78 is 37.8. The second-order valence-electron chi connectivity index (χ2n) is 9.40. The van der Waals surface area contributed by atoms with Crippen LogP contribution in [0.3, 0.4) is 0 Å². The van der Waals surface area contributed by atoms with Crippen LogP contribution < -0.4 is 20.7 Å². The number of fused-ring (bicyclic) bond motifs is 1. The highest BCUT2D eigenvalue weighted by Gasteiger charge is 2.40. The van der Waals surface area contributed by atoms with E-state index in [2.05, 4.69) is 31.3 Å². The summed E-state index contributed by atoms with van der Waals surface area (Å²) >= 11 is 0. The number of methoxy groups -OCH3 is 1. The monoisotopic (exact) mass is 555 g/mol. The van der Waals surface area contributed by atoms with Gasteiger partial charge in [0.1, 0.15) is 11.8 Å². The number of nitrogens with two attached hydrogens (primary N) is 1. The zero-order chi connectivity index (χ0) is 27.6. The van der Waals surface area contributed by atoms with Crippen molar-refractivity contribution in [3.8, 4) is 18.1 Å². The van der Waals surface area contributed by atoms with Gasteiger partial charge in [-0.1, -0.05) is 24.1 Å². The fourth-order valence-corrected chi connectivity index (χ4v) is 5.79. The van der Waals surface area contributed by atoms with Crippen LogP contribution in [0.15, 0.2) is 36.7 Å². The Hall–Kier alpha value is -3.69. The van der Waals surface area contributed by atoms with Gasteiger partial charge >= 0.3 is 13.7 Å². The molecule has 206 valence electrons. The lowest BCUT2D eigenvalue weighted by atomic mass is 10.0. The third-order valence-corrected chi connectivity index (χ3v) is 7.99. The Balaban J connectivity index is 1.33. The van der Waals surface area contributed by atoms with Gasteiger partial charge in [-0.15, -0.1) is 6.42 Å². The molecule has 3 aromatic rings. The summed E-state index contributed by atoms with van der Waals surface area (Å²) in [7, 11) is -2.80. The number of rotatable bonds is 11. The lowest BCUT2D eigenvalue weighted by Crippen LogP contribution is -2.35. The van der Waals surface area contributed by atoms with Crippen LogP contribution in [0.25, 0.3) is 11.2 Å². The van der Waals surface area contributed by atoms with E-state index in [1.54, 1.807) is 41.2 Å². The molecule has 2 aromatic heterocycles. The number of carbonyl (C=O) groups excluding carboxylic acids is 1. The summed E-state index contributed by atoms with van der Waals surface area (Å²) in [6, 6.07) is 7.88. The normalized spacial score (nSPS) is 23.1. The molecule has 5 atom stereocenters. The van der Waals surface area contributed by atoms with Crippen LogP contribution in [0, 0.1) is 18.3 Å². The van der Waals surface area contributed by atoms with Gasteiger partial charge in [0.05, 0.1) is 32.1 Å². The van der Waals surface area contributed by atoms with Crippen molar-refractivity contribution in [2.75, 3.05) is 24.8 Å². The molecular weight excluding hydrogens is 525 g/mol. The third kappa shape index (κ3) is 6.15. The number of terminal acetylenes is 1. The van der Waals surface area contributed by atoms with Gasteiger partial charge < -0.3 is 25.0 Å². The maximum Gasteiger partial charge on any atom is 0.459 e. The zero-order valence-corrected chi connectivity index (χ0v) is 22.4. The fraction of sp³-hybridized carbons (Fsp3) is 0.440. The summed E-state index contributed by atoms with van der Waals surface area (Å²) in [4.78, 5) is 25.2. The quantitative estimate of drug-likeness (QED) is 0.180. The minimum Gasteiger partial charge on any atom is -0.468 e. The van der Waals surface area contributed by atoms with Crippen LogP contribution in [-0.2, 0) is 23.4 Å². The van der Waals surface area contributed by atoms with Gasteiger partial charge in [0.25, 0.3) is 0 Å². The van der Waals surface area contributed by atoms with E-state index in [1.807, 2.05) is 0 Å². The Bertz CT molecular complexity index is 1420. The predicted octanol–water partition coefficient (Wildman–Crippen LogP) is 2.87. The molecule has 0 spiro atoms. The number of esters is 1. The molecule has 1 aliphatic heterocycles. The standard InChI is InChI=1S/C25H30N7O6P/c1-4-16-12-19(13-36-39(34,31-15(2)24(33)35-3)38-18-8-6-5-7-9-18)37-23(16)32-14-27-20-21(28-17-10-11-17)29-25(26)30-22(20)32/h1,5-9,14-17,19,23H,10-13H2,2-3H3,(H,31,34)(H3,26,28,29,30)/t15-,16+,19+,23-,39+/m1/s1. The van der Waals surface area contributed by atoms with Crippen molar-refractivity contribution < 1.29 is 27.9 Å². The molecule has 3 heterocycles. The van der Waals surface area contributed by atoms with E-state index in [9.17, 15) is 9.36 Å². The number of imidazole rings is 1. The number of carbonyl (C=O) groups is 1. The Labute approximate surface area is 225 Å². The molecule has 0 bridgehead atoms. The van der Waals surface area contributed by atoms with Gasteiger partial charge in [0.2, 0.25) is 5.95 Å². The molecule has 1 aromatic carbocycles. The number of aromatic nitrogens is 4. The molecule has 14 heteroatoms. The lowest BCUT2D eigenvalue weighted by Gasteiger charge is -2.24. The molecule has 2 fully saturated rings. The van der Waals surface area contributed by atoms with Gasteiger partial charge in [-0.2, -0.15) is 15.1 Å². The molecule has 0 amide bonds. The second-order valence-corrected chi connectivity index (χ2v) is 11.1. The molecule has 1 saturated heterocycles. The average molecular weight is 556 g/mol. The van der Waals surface area contributed by atoms with Gasteiger partial charge in [0.15, 0.2) is 23.2 Å². The van der Waals surface area contributed by atoms with Crippen LogP contribution in [-0.4, -0.2) is 57.4 Å². The van der Waals surface area contributed by atoms with Crippen molar-refractivity contribution >= 4 is 36.6 Å². The van der Waals surface area contributed by atoms with E-state index in [1.165, 1.54) is 14.0 Å². The first kappa shape index (κ1) is 26.9. The van der Waals surface area contributed by atoms with Gasteiger partial charge in [0, 0.05) is 6.04 Å². The summed E-state index contributed by atoms with van der Waals surface area (Å²) in [6.07, 6.45) is 8.82. The van der Waals surface area contributed by atoms with Crippen LogP contribution in [0.1, 0.15) is 32.4 Å². The number of nitrogens with zero attached hydrogens (tertiary/aromatic N) is 4. The van der Waals surface area contributed by atoms with Crippen molar-refractivity contribution in [3.63, 3.8) is 0 Å². The first-order valence-electron chi connectivity index (χ1n) is 12.5. The van der Waals surface area contributed by atoms with Gasteiger partial charge in [-0.3, -0.25) is 13.9 Å². The SMILES string of the molecule is C#C[C@H]1C[C@@H](CO[P@@](=O)(N[C@H](C)C(=O)OC)Oc2ccccc2)O[C@H]1n1cnc2c(NC3CC3)nc(N)nc21. The topological polar surface area (TPSA) is 165 Å². The highest BCUT2D eigenvalue weighted by atomic mass is 31.2. The molecule has 0 unspecified atom stereocenters. The highest BCUT2D eigenvalue weighted by Crippen LogP contribution is 2.46. The van der Waals surface area contributed by atoms with Crippen molar-refractivity contribution in [3.05, 3.63) is 36.7 Å². The summed E-state index contributed by atoms with van der Waals surface area (Å²) in [5.74, 6) is 2.76. The van der Waals surface area contributed by atoms with Crippen molar-refractivity contribution in [1.82, 2.24) is 24.6 Å². The molecular formula is C25H30N7O6P. The van der Waals surface area contributed by atoms with Gasteiger partial charge in [-0.05, 0) is 38.3 Å². The average Bonchev–Trinajstić information content (AvgIpc) is 3.48. The molecule has 39 heavy (non-hydrogen) atoms. The number of nitrogen functional groups attached to an aromatic ring is 1. The second kappa shape index (κ2) is 11.2. The minimum absolute atomic E-state index is 0.104. The van der Waals surface area contributed by atoms with Crippen LogP contribution in [0.4, 0.5) is 11.8 Å². The van der Waals surface area contributed by atoms with E-state index >= 15 is 0 Å². The van der Waals surface area contributed by atoms with Gasteiger partial charge in [-0.25, -0.2) is 9.55 Å². The number of para-hydroxylation sites is 1. The number of ether oxygens (including phenoxy) is 2. The largest absolute Gasteiger partial charge is 0.468 e. The molecule has 2 aliphatic rings. The first-order chi connectivity index (χ1) is 18.8. The number of hydrogen-bond donors (Lipinski definition) is 3. The molecule has 1 aliphatic carbocycles. The number of benzene rings is 1. The predicted molar refractivity (Wildman–Crippen MR) is 142 cm³/mol. The molecule has 1 saturated carbocycles. The van der Waals surface area contributed by atoms with Crippen LogP contribution >= 0.6 is 7.75 Å². The lowest BCUT2D eigenvalue weighted by molar-refractivity contribution is -0.142. The van der Waals surface area contributed by atoms with E-state index in [4.69, 9.17) is 30.7 Å². The van der Waals surface area contributed by atoms with Crippen molar-refractivity contribution in [2.24, 2.45) is 5.92 Å². The first-order valence-corrected chi connectivity index (χ1v) is 14.1. The smallest absolute Gasteiger partial charge is 0.459 e. The van der Waals surface area contributed by atoms with Crippen molar-refractivity contribution in [2.45, 2.75) is 50.6 Å². The maximum atomic E-state index is 13.7. The third-order valence-electron chi connectivity index (χ3n) is 6.34. The van der Waals surface area contributed by atoms with Crippen molar-refractivity contribution in [1.29, 1.82) is 0 Å². The van der Waals surface area contributed by atoms with Crippen LogP contribution in [0.5, 0.6) is 5.75 Å². The maximum absolute atomic E-state index is 13.7. The van der Waals surface area contributed by atoms with E-state index in [-0.39, 0.29) is 18.5 Å². The summed E-state index contributed by atoms with van der Waals surface area (Å²) in [6.45, 7) is 1.37. The minimum atomic E-state index is -4.03. The van der Waals surface area contributed by atoms with Crippen LogP contribution in [0.2, 0.25) is 0 Å². The van der Waals surface area contributed by atoms with E-state index in [0.29, 0.717) is 35.2 Å². The molecule has 0 radical (unpaired) electrons. The van der Waals surface area contributed by atoms with E-state index in [0.717, 1.165) is 12.8 Å². The van der Waals surface area contributed by atoms with E-state index < -0.39 is 32.1 Å².